The number of ether oxygens (including phenoxy) is 1. The molecule has 1 rings (SSSR count). The molecule has 0 spiro atoms. The predicted molar refractivity (Wildman–Crippen MR) is 44.7 cm³/mol. The minimum Gasteiger partial charge on any atom is -0.479 e. The topological polar surface area (TPSA) is 60.2 Å². The van der Waals surface area contributed by atoms with Crippen molar-refractivity contribution in [3.8, 4) is 5.88 Å². The van der Waals surface area contributed by atoms with Crippen molar-refractivity contribution < 1.29 is 4.74 Å². The third-order valence-corrected chi connectivity index (χ3v) is 1.34. The molecule has 0 aliphatic carbocycles. The summed E-state index contributed by atoms with van der Waals surface area (Å²) in [5.41, 5.74) is 6.09. The van der Waals surface area contributed by atoms with Crippen LogP contribution in [-0.2, 0) is 0 Å². The highest BCUT2D eigenvalue weighted by atomic mass is 16.5. The Hall–Kier alpha value is -1.45. The van der Waals surface area contributed by atoms with Crippen LogP contribution in [0.2, 0.25) is 0 Å². The van der Waals surface area contributed by atoms with Gasteiger partial charge in [-0.1, -0.05) is 0 Å². The van der Waals surface area contributed by atoms with Gasteiger partial charge in [0.1, 0.15) is 5.82 Å². The van der Waals surface area contributed by atoms with Crippen molar-refractivity contribution in [2.24, 2.45) is 0 Å². The fourth-order valence-corrected chi connectivity index (χ4v) is 0.754. The number of nitrogens with zero attached hydrogens (tertiary/aromatic N) is 1. The maximum Gasteiger partial charge on any atom is 0.238 e. The minimum atomic E-state index is 0.455. The van der Waals surface area contributed by atoms with Gasteiger partial charge in [-0.2, -0.15) is 4.98 Å². The first kappa shape index (κ1) is 7.65. The molecule has 3 N–H and O–H groups in total. The summed E-state index contributed by atoms with van der Waals surface area (Å²) < 4.78 is 4.91. The molecule has 0 aliphatic heterocycles. The molecule has 0 aliphatic rings. The van der Waals surface area contributed by atoms with Crippen molar-refractivity contribution >= 4 is 11.5 Å². The van der Waals surface area contributed by atoms with Crippen LogP contribution in [-0.4, -0.2) is 19.1 Å². The molecule has 4 nitrogen and oxygen atoms in total. The number of aromatic nitrogens is 1. The van der Waals surface area contributed by atoms with E-state index in [2.05, 4.69) is 10.3 Å². The summed E-state index contributed by atoms with van der Waals surface area (Å²) in [6.45, 7) is 0. The maximum absolute atomic E-state index is 5.54. The molecule has 0 atom stereocenters. The molecule has 4 heteroatoms. The quantitative estimate of drug-likeness (QED) is 0.657. The van der Waals surface area contributed by atoms with E-state index >= 15 is 0 Å². The molecule has 0 radical (unpaired) electrons. The molecule has 0 aromatic carbocycles. The van der Waals surface area contributed by atoms with E-state index in [1.165, 1.54) is 7.11 Å². The van der Waals surface area contributed by atoms with E-state index in [9.17, 15) is 0 Å². The zero-order chi connectivity index (χ0) is 8.27. The standard InChI is InChI=1S/C7H11N3O/c1-9-6-4-3-5(8)7(10-6)11-2/h3-4H,8H2,1-2H3,(H,9,10). The van der Waals surface area contributed by atoms with E-state index in [1.54, 1.807) is 19.2 Å². The van der Waals surface area contributed by atoms with Crippen LogP contribution in [0.3, 0.4) is 0 Å². The summed E-state index contributed by atoms with van der Waals surface area (Å²) >= 11 is 0. The van der Waals surface area contributed by atoms with E-state index in [0.717, 1.165) is 5.82 Å². The molecule has 11 heavy (non-hydrogen) atoms. The molecule has 0 amide bonds. The Bertz CT molecular complexity index is 249. The third kappa shape index (κ3) is 1.52. The zero-order valence-corrected chi connectivity index (χ0v) is 6.59. The normalized spacial score (nSPS) is 9.27. The zero-order valence-electron chi connectivity index (χ0n) is 6.59. The Labute approximate surface area is 65.4 Å². The summed E-state index contributed by atoms with van der Waals surface area (Å²) in [4.78, 5) is 4.05. The van der Waals surface area contributed by atoms with Crippen molar-refractivity contribution in [3.63, 3.8) is 0 Å². The lowest BCUT2D eigenvalue weighted by molar-refractivity contribution is 0.401. The summed E-state index contributed by atoms with van der Waals surface area (Å²) in [5, 5.41) is 2.88. The van der Waals surface area contributed by atoms with Crippen LogP contribution in [0.1, 0.15) is 0 Å². The van der Waals surface area contributed by atoms with Crippen molar-refractivity contribution in [3.05, 3.63) is 12.1 Å². The highest BCUT2D eigenvalue weighted by Gasteiger charge is 1.99. The number of hydrogen-bond donors (Lipinski definition) is 2. The van der Waals surface area contributed by atoms with E-state index in [4.69, 9.17) is 10.5 Å². The van der Waals surface area contributed by atoms with Crippen LogP contribution in [0.4, 0.5) is 11.5 Å². The Balaban J connectivity index is 3.02. The average molecular weight is 153 g/mol. The van der Waals surface area contributed by atoms with Gasteiger partial charge in [-0.25, -0.2) is 0 Å². The molecule has 0 unspecified atom stereocenters. The fourth-order valence-electron chi connectivity index (χ4n) is 0.754. The predicted octanol–water partition coefficient (Wildman–Crippen LogP) is 0.714. The summed E-state index contributed by atoms with van der Waals surface area (Å²) in [5.74, 6) is 1.20. The van der Waals surface area contributed by atoms with Gasteiger partial charge in [-0.05, 0) is 12.1 Å². The van der Waals surface area contributed by atoms with Gasteiger partial charge in [0, 0.05) is 7.05 Å². The van der Waals surface area contributed by atoms with Crippen LogP contribution >= 0.6 is 0 Å². The summed E-state index contributed by atoms with van der Waals surface area (Å²) in [6.07, 6.45) is 0. The van der Waals surface area contributed by atoms with Crippen molar-refractivity contribution in [1.29, 1.82) is 0 Å². The van der Waals surface area contributed by atoms with Gasteiger partial charge >= 0.3 is 0 Å². The van der Waals surface area contributed by atoms with Crippen molar-refractivity contribution in [2.45, 2.75) is 0 Å². The molecule has 60 valence electrons. The van der Waals surface area contributed by atoms with Gasteiger partial charge in [0.25, 0.3) is 0 Å². The number of methoxy groups -OCH3 is 1. The van der Waals surface area contributed by atoms with Gasteiger partial charge in [0.2, 0.25) is 5.88 Å². The number of pyridine rings is 1. The van der Waals surface area contributed by atoms with Crippen LogP contribution in [0.25, 0.3) is 0 Å². The second-order valence-corrected chi connectivity index (χ2v) is 2.04. The molecule has 1 heterocycles. The number of hydrogen-bond acceptors (Lipinski definition) is 4. The molecule has 0 saturated carbocycles. The molecule has 0 bridgehead atoms. The fraction of sp³-hybridized carbons (Fsp3) is 0.286. The molecule has 0 fully saturated rings. The first-order valence-electron chi connectivity index (χ1n) is 3.26. The number of nitrogens with one attached hydrogen (secondary N) is 1. The highest BCUT2D eigenvalue weighted by molar-refractivity contribution is 5.53. The Kier molecular flexibility index (Phi) is 2.15. The third-order valence-electron chi connectivity index (χ3n) is 1.34. The van der Waals surface area contributed by atoms with Crippen LogP contribution in [0.5, 0.6) is 5.88 Å². The lowest BCUT2D eigenvalue weighted by atomic mass is 10.4. The van der Waals surface area contributed by atoms with E-state index < -0.39 is 0 Å². The smallest absolute Gasteiger partial charge is 0.238 e. The van der Waals surface area contributed by atoms with Crippen LogP contribution in [0.15, 0.2) is 12.1 Å². The monoisotopic (exact) mass is 153 g/mol. The van der Waals surface area contributed by atoms with Gasteiger partial charge in [0.05, 0.1) is 12.8 Å². The van der Waals surface area contributed by atoms with Gasteiger partial charge < -0.3 is 15.8 Å². The molecule has 0 saturated heterocycles. The van der Waals surface area contributed by atoms with Crippen molar-refractivity contribution in [2.75, 3.05) is 25.2 Å². The van der Waals surface area contributed by atoms with E-state index in [0.29, 0.717) is 11.6 Å². The summed E-state index contributed by atoms with van der Waals surface area (Å²) in [7, 11) is 3.33. The molecular formula is C7H11N3O. The lowest BCUT2D eigenvalue weighted by Crippen LogP contribution is -1.98. The number of nitrogen functional groups attached to an aromatic ring is 1. The van der Waals surface area contributed by atoms with Crippen LogP contribution < -0.4 is 15.8 Å². The number of rotatable bonds is 2. The lowest BCUT2D eigenvalue weighted by Gasteiger charge is -2.04. The minimum absolute atomic E-state index is 0.455. The Morgan fingerprint density at radius 1 is 1.55 bits per heavy atom. The van der Waals surface area contributed by atoms with E-state index in [1.807, 2.05) is 0 Å². The molecular weight excluding hydrogens is 142 g/mol. The number of nitrogens with two attached hydrogens (primary N) is 1. The first-order valence-corrected chi connectivity index (χ1v) is 3.26. The summed E-state index contributed by atoms with van der Waals surface area (Å²) in [6, 6.07) is 3.54. The Morgan fingerprint density at radius 3 is 2.82 bits per heavy atom. The van der Waals surface area contributed by atoms with Crippen LogP contribution in [0, 0.1) is 0 Å². The van der Waals surface area contributed by atoms with Gasteiger partial charge in [-0.3, -0.25) is 0 Å². The highest BCUT2D eigenvalue weighted by Crippen LogP contribution is 2.19. The number of anilines is 2. The second kappa shape index (κ2) is 3.09. The van der Waals surface area contributed by atoms with Crippen molar-refractivity contribution in [1.82, 2.24) is 4.98 Å². The SMILES string of the molecule is CNc1ccc(N)c(OC)n1. The van der Waals surface area contributed by atoms with Gasteiger partial charge in [-0.15, -0.1) is 0 Å². The Morgan fingerprint density at radius 2 is 2.27 bits per heavy atom. The largest absolute Gasteiger partial charge is 0.479 e. The van der Waals surface area contributed by atoms with Gasteiger partial charge in [0.15, 0.2) is 0 Å². The first-order chi connectivity index (χ1) is 5.27. The maximum atomic E-state index is 5.54. The molecule has 1 aromatic rings. The van der Waals surface area contributed by atoms with E-state index in [-0.39, 0.29) is 0 Å². The molecule has 1 aromatic heterocycles. The average Bonchev–Trinajstić information content (AvgIpc) is 2.05. The second-order valence-electron chi connectivity index (χ2n) is 2.04.